The van der Waals surface area contributed by atoms with Crippen LogP contribution < -0.4 is 10.1 Å². The van der Waals surface area contributed by atoms with Crippen LogP contribution in [0.5, 0.6) is 5.75 Å². The van der Waals surface area contributed by atoms with Crippen LogP contribution >= 0.6 is 11.3 Å². The summed E-state index contributed by atoms with van der Waals surface area (Å²) < 4.78 is 9.61. The van der Waals surface area contributed by atoms with Crippen LogP contribution in [0.2, 0.25) is 0 Å². The highest BCUT2D eigenvalue weighted by Gasteiger charge is 2.20. The van der Waals surface area contributed by atoms with Gasteiger partial charge in [0.05, 0.1) is 17.1 Å². The monoisotopic (exact) mass is 338 g/mol. The largest absolute Gasteiger partial charge is 0.513 e. The normalized spacial score (nSPS) is 9.96. The minimum absolute atomic E-state index is 0.0211. The van der Waals surface area contributed by atoms with Crippen LogP contribution in [0.3, 0.4) is 0 Å². The first-order valence-corrected chi connectivity index (χ1v) is 7.20. The summed E-state index contributed by atoms with van der Waals surface area (Å²) in [4.78, 5) is 37.7. The molecule has 0 aliphatic heterocycles. The Balaban J connectivity index is 2.15. The molecule has 1 aromatic carbocycles. The van der Waals surface area contributed by atoms with Crippen molar-refractivity contribution in [2.75, 3.05) is 11.9 Å². The number of aromatic nitrogens is 1. The van der Waals surface area contributed by atoms with Crippen molar-refractivity contribution in [1.82, 2.24) is 4.98 Å². The molecule has 2 aromatic rings. The van der Waals surface area contributed by atoms with Gasteiger partial charge in [0, 0.05) is 0 Å². The van der Waals surface area contributed by atoms with E-state index in [0.29, 0.717) is 0 Å². The molecule has 1 aromatic heterocycles. The fraction of sp³-hybridized carbons (Fsp3) is 0.154. The Morgan fingerprint density at radius 3 is 2.78 bits per heavy atom. The number of anilines is 1. The Hall–Kier alpha value is -3.01. The second-order valence-electron chi connectivity index (χ2n) is 4.01. The smallest absolute Gasteiger partial charge is 0.434 e. The fourth-order valence-corrected chi connectivity index (χ4v) is 2.19. The minimum atomic E-state index is -0.924. The minimum Gasteiger partial charge on any atom is -0.434 e. The van der Waals surface area contributed by atoms with E-state index in [-0.39, 0.29) is 33.0 Å². The lowest BCUT2D eigenvalue weighted by Gasteiger charge is -2.08. The van der Waals surface area contributed by atoms with Crippen molar-refractivity contribution in [2.24, 2.45) is 0 Å². The van der Waals surface area contributed by atoms with E-state index in [1.54, 1.807) is 19.1 Å². The van der Waals surface area contributed by atoms with Crippen molar-refractivity contribution in [2.45, 2.75) is 6.92 Å². The molecule has 1 heterocycles. The number of hydrogen-bond donors (Lipinski definition) is 2. The van der Waals surface area contributed by atoms with E-state index >= 15 is 0 Å². The van der Waals surface area contributed by atoms with E-state index in [4.69, 9.17) is 9.94 Å². The Kier molecular flexibility index (Phi) is 5.20. The highest BCUT2D eigenvalue weighted by atomic mass is 32.1. The Morgan fingerprint density at radius 1 is 1.39 bits per heavy atom. The van der Waals surface area contributed by atoms with E-state index in [0.717, 1.165) is 17.5 Å². The summed E-state index contributed by atoms with van der Waals surface area (Å²) in [6, 6.07) is 6.07. The van der Waals surface area contributed by atoms with Crippen LogP contribution in [0, 0.1) is 4.91 Å². The van der Waals surface area contributed by atoms with Gasteiger partial charge in [-0.15, -0.1) is 0 Å². The topological polar surface area (TPSA) is 118 Å². The zero-order valence-electron chi connectivity index (χ0n) is 11.9. The third-order valence-corrected chi connectivity index (χ3v) is 3.36. The first-order chi connectivity index (χ1) is 11.0. The van der Waals surface area contributed by atoms with Gasteiger partial charge in [-0.05, 0) is 30.4 Å². The van der Waals surface area contributed by atoms with Crippen molar-refractivity contribution in [3.8, 4) is 5.75 Å². The number of thiazole rings is 1. The molecular weight excluding hydrogens is 326 g/mol. The summed E-state index contributed by atoms with van der Waals surface area (Å²) in [5.74, 6) is -0.575. The predicted octanol–water partition coefficient (Wildman–Crippen LogP) is 2.73. The number of para-hydroxylation sites is 1. The van der Waals surface area contributed by atoms with Gasteiger partial charge in [-0.1, -0.05) is 12.1 Å². The maximum Gasteiger partial charge on any atom is 0.513 e. The van der Waals surface area contributed by atoms with Gasteiger partial charge in [0.1, 0.15) is 11.9 Å². The standard InChI is InChI=1S/C13H11N3O6S/c1-2-21-13(18)22-9-6-4-3-5-8(9)11(17)15-12-14-7-10(23-12)16(19)20/h3-7H,2H2,1H3,(H-,14,15,17,19,20)/p+1. The maximum absolute atomic E-state index is 12.2. The zero-order chi connectivity index (χ0) is 16.8. The molecule has 9 nitrogen and oxygen atoms in total. The molecule has 10 heteroatoms. The second-order valence-corrected chi connectivity index (χ2v) is 5.02. The van der Waals surface area contributed by atoms with Crippen LogP contribution in [0.15, 0.2) is 30.5 Å². The lowest BCUT2D eigenvalue weighted by atomic mass is 10.2. The van der Waals surface area contributed by atoms with Crippen LogP contribution in [0.25, 0.3) is 0 Å². The molecule has 0 saturated heterocycles. The molecular formula is C13H12N3O6S+. The molecule has 2 rings (SSSR count). The van der Waals surface area contributed by atoms with Crippen molar-refractivity contribution < 1.29 is 29.2 Å². The number of ether oxygens (including phenoxy) is 2. The third kappa shape index (κ3) is 4.23. The molecule has 0 fully saturated rings. The molecule has 1 amide bonds. The maximum atomic E-state index is 12.2. The predicted molar refractivity (Wildman–Crippen MR) is 79.2 cm³/mol. The van der Waals surface area contributed by atoms with Gasteiger partial charge in [-0.2, -0.15) is 0 Å². The van der Waals surface area contributed by atoms with Crippen molar-refractivity contribution in [3.63, 3.8) is 0 Å². The lowest BCUT2D eigenvalue weighted by molar-refractivity contribution is -0.727. The Morgan fingerprint density at radius 2 is 2.13 bits per heavy atom. The van der Waals surface area contributed by atoms with Gasteiger partial charge in [0.2, 0.25) is 0 Å². The Labute approximate surface area is 134 Å². The summed E-state index contributed by atoms with van der Waals surface area (Å²) in [7, 11) is 0. The van der Waals surface area contributed by atoms with Crippen LogP contribution in [-0.4, -0.2) is 33.8 Å². The average Bonchev–Trinajstić information content (AvgIpc) is 2.96. The number of carbonyl (C=O) groups excluding carboxylic acids is 2. The van der Waals surface area contributed by atoms with Crippen LogP contribution in [0.1, 0.15) is 17.3 Å². The van der Waals surface area contributed by atoms with Crippen LogP contribution in [-0.2, 0) is 4.74 Å². The van der Waals surface area contributed by atoms with Gasteiger partial charge in [-0.3, -0.25) is 10.1 Å². The number of nitrogens with one attached hydrogen (secondary N) is 1. The molecule has 0 unspecified atom stereocenters. The number of amides is 1. The summed E-state index contributed by atoms with van der Waals surface area (Å²) in [5.41, 5.74) is 0.0836. The second kappa shape index (κ2) is 7.31. The van der Waals surface area contributed by atoms with Gasteiger partial charge in [0.15, 0.2) is 5.13 Å². The molecule has 0 aliphatic carbocycles. The molecule has 0 atom stereocenters. The summed E-state index contributed by atoms with van der Waals surface area (Å²) in [5, 5.41) is 11.2. The van der Waals surface area contributed by atoms with E-state index in [2.05, 4.69) is 15.0 Å². The number of carbonyl (C=O) groups is 2. The summed E-state index contributed by atoms with van der Waals surface area (Å²) >= 11 is 0.780. The van der Waals surface area contributed by atoms with Gasteiger partial charge >= 0.3 is 11.2 Å². The number of rotatable bonds is 5. The number of hydrogen-bond acceptors (Lipinski definition) is 7. The van der Waals surface area contributed by atoms with Crippen LogP contribution in [0.4, 0.5) is 14.9 Å². The van der Waals surface area contributed by atoms with Gasteiger partial charge < -0.3 is 9.47 Å². The Bertz CT molecular complexity index is 745. The van der Waals surface area contributed by atoms with E-state index < -0.39 is 12.1 Å². The van der Waals surface area contributed by atoms with Gasteiger partial charge in [-0.25, -0.2) is 15.0 Å². The average molecular weight is 338 g/mol. The molecule has 0 bridgehead atoms. The first-order valence-electron chi connectivity index (χ1n) is 6.38. The number of nitrogens with zero attached hydrogens (tertiary/aromatic N) is 2. The van der Waals surface area contributed by atoms with Crippen molar-refractivity contribution in [1.29, 1.82) is 0 Å². The SMILES string of the molecule is CCOC(=O)Oc1ccccc1C(=O)Nc1ncc([N+](=O)O)s1. The highest BCUT2D eigenvalue weighted by molar-refractivity contribution is 7.18. The molecule has 0 aliphatic rings. The van der Waals surface area contributed by atoms with Crippen molar-refractivity contribution >= 4 is 33.5 Å². The van der Waals surface area contributed by atoms with Crippen molar-refractivity contribution in [3.05, 3.63) is 40.9 Å². The van der Waals surface area contributed by atoms with E-state index in [9.17, 15) is 14.5 Å². The summed E-state index contributed by atoms with van der Waals surface area (Å²) in [6.07, 6.45) is 0.181. The zero-order valence-corrected chi connectivity index (χ0v) is 12.7. The third-order valence-electron chi connectivity index (χ3n) is 2.49. The molecule has 0 saturated carbocycles. The van der Waals surface area contributed by atoms with Gasteiger partial charge in [0.25, 0.3) is 10.8 Å². The molecule has 0 radical (unpaired) electrons. The molecule has 120 valence electrons. The highest BCUT2D eigenvalue weighted by Crippen LogP contribution is 2.26. The summed E-state index contributed by atoms with van der Waals surface area (Å²) in [6.45, 7) is 1.77. The molecule has 0 spiro atoms. The van der Waals surface area contributed by atoms with E-state index in [1.807, 2.05) is 0 Å². The lowest BCUT2D eigenvalue weighted by Crippen LogP contribution is -2.16. The number of benzene rings is 1. The fourth-order valence-electron chi connectivity index (χ4n) is 1.56. The molecule has 23 heavy (non-hydrogen) atoms. The quantitative estimate of drug-likeness (QED) is 0.489. The van der Waals surface area contributed by atoms with E-state index in [1.165, 1.54) is 12.1 Å². The molecule has 2 N–H and O–H groups in total. The first kappa shape index (κ1) is 16.4.